The number of allylic oxidation sites excluding steroid dienone is 7. The van der Waals surface area contributed by atoms with Crippen LogP contribution >= 0.6 is 0 Å². The normalized spacial score (nSPS) is 25.7. The third-order valence-corrected chi connectivity index (χ3v) is 7.45. The summed E-state index contributed by atoms with van der Waals surface area (Å²) in [7, 11) is 0. The van der Waals surface area contributed by atoms with Gasteiger partial charge in [-0.3, -0.25) is 0 Å². The molecular weight excluding hydrogens is 400 g/mol. The molecule has 3 heterocycles. The van der Waals surface area contributed by atoms with Crippen molar-refractivity contribution in [2.75, 3.05) is 13.1 Å². The van der Waals surface area contributed by atoms with Crippen LogP contribution in [0.2, 0.25) is 0 Å². The maximum atomic E-state index is 3.65. The molecule has 2 aromatic rings. The summed E-state index contributed by atoms with van der Waals surface area (Å²) >= 11 is 0. The molecule has 2 aromatic carbocycles. The number of nitrogens with zero attached hydrogens (tertiary/aromatic N) is 1. The Kier molecular flexibility index (Phi) is 5.14. The lowest BCUT2D eigenvalue weighted by molar-refractivity contribution is 0.228. The minimum absolute atomic E-state index is 0.355. The summed E-state index contributed by atoms with van der Waals surface area (Å²) in [6, 6.07) is 20.1. The van der Waals surface area contributed by atoms with E-state index in [0.717, 1.165) is 19.5 Å². The molecule has 1 fully saturated rings. The van der Waals surface area contributed by atoms with Crippen LogP contribution in [-0.4, -0.2) is 24.0 Å². The Balaban J connectivity index is 1.41. The zero-order valence-electron chi connectivity index (χ0n) is 19.1. The van der Waals surface area contributed by atoms with E-state index in [9.17, 15) is 0 Å². The summed E-state index contributed by atoms with van der Waals surface area (Å²) in [5.74, 6) is 0.985. The SMILES string of the molecule is CC1=CC=C(c2ccccc2[C@H]2CN3C=C(c4ccccc4)C=CC3C3=CC=CCC32)NC1. The fourth-order valence-electron chi connectivity index (χ4n) is 5.75. The lowest BCUT2D eigenvalue weighted by atomic mass is 9.70. The average Bonchev–Trinajstić information content (AvgIpc) is 2.89. The van der Waals surface area contributed by atoms with Crippen molar-refractivity contribution in [2.45, 2.75) is 25.3 Å². The van der Waals surface area contributed by atoms with Crippen molar-refractivity contribution in [2.24, 2.45) is 5.92 Å². The third kappa shape index (κ3) is 3.70. The second-order valence-electron chi connectivity index (χ2n) is 9.53. The van der Waals surface area contributed by atoms with Gasteiger partial charge in [-0.25, -0.2) is 0 Å². The molecule has 3 aliphatic heterocycles. The van der Waals surface area contributed by atoms with E-state index in [-0.39, 0.29) is 0 Å². The molecule has 164 valence electrons. The smallest absolute Gasteiger partial charge is 0.0690 e. The van der Waals surface area contributed by atoms with Crippen molar-refractivity contribution in [3.63, 3.8) is 0 Å². The zero-order valence-corrected chi connectivity index (χ0v) is 19.1. The van der Waals surface area contributed by atoms with E-state index in [4.69, 9.17) is 0 Å². The zero-order chi connectivity index (χ0) is 22.2. The topological polar surface area (TPSA) is 15.3 Å². The predicted molar refractivity (Wildman–Crippen MR) is 138 cm³/mol. The molecular formula is C31H30N2. The monoisotopic (exact) mass is 430 g/mol. The van der Waals surface area contributed by atoms with Crippen LogP contribution in [0.5, 0.6) is 0 Å². The number of rotatable bonds is 3. The van der Waals surface area contributed by atoms with Gasteiger partial charge in [0.2, 0.25) is 0 Å². The van der Waals surface area contributed by atoms with Crippen LogP contribution < -0.4 is 5.32 Å². The van der Waals surface area contributed by atoms with Gasteiger partial charge in [0.25, 0.3) is 0 Å². The Bertz CT molecular complexity index is 1240. The Hall–Kier alpha value is -3.52. The number of hydrogen-bond donors (Lipinski definition) is 1. The molecule has 3 atom stereocenters. The molecule has 0 aromatic heterocycles. The van der Waals surface area contributed by atoms with Crippen LogP contribution in [0.15, 0.2) is 114 Å². The van der Waals surface area contributed by atoms with E-state index in [1.807, 2.05) is 0 Å². The summed E-state index contributed by atoms with van der Waals surface area (Å²) < 4.78 is 0. The number of piperidine rings is 1. The predicted octanol–water partition coefficient (Wildman–Crippen LogP) is 6.46. The molecule has 4 aliphatic rings. The molecule has 2 nitrogen and oxygen atoms in total. The summed E-state index contributed by atoms with van der Waals surface area (Å²) in [4.78, 5) is 2.57. The molecule has 2 heteroatoms. The van der Waals surface area contributed by atoms with E-state index in [2.05, 4.69) is 120 Å². The van der Waals surface area contributed by atoms with Gasteiger partial charge in [-0.15, -0.1) is 0 Å². The van der Waals surface area contributed by atoms with Gasteiger partial charge < -0.3 is 10.2 Å². The van der Waals surface area contributed by atoms with Gasteiger partial charge in [0.1, 0.15) is 0 Å². The van der Waals surface area contributed by atoms with Crippen molar-refractivity contribution in [3.8, 4) is 0 Å². The molecule has 0 spiro atoms. The number of hydrogen-bond acceptors (Lipinski definition) is 2. The number of fused-ring (bicyclic) bond motifs is 3. The highest BCUT2D eigenvalue weighted by molar-refractivity contribution is 5.75. The third-order valence-electron chi connectivity index (χ3n) is 7.45. The quantitative estimate of drug-likeness (QED) is 0.601. The van der Waals surface area contributed by atoms with Crippen LogP contribution in [0.25, 0.3) is 11.3 Å². The van der Waals surface area contributed by atoms with Crippen LogP contribution in [0, 0.1) is 5.92 Å². The minimum Gasteiger partial charge on any atom is -0.381 e. The largest absolute Gasteiger partial charge is 0.381 e. The summed E-state index contributed by atoms with van der Waals surface area (Å²) in [5, 5.41) is 3.65. The average molecular weight is 431 g/mol. The van der Waals surface area contributed by atoms with Crippen molar-refractivity contribution in [1.29, 1.82) is 0 Å². The van der Waals surface area contributed by atoms with E-state index in [1.165, 1.54) is 33.5 Å². The Morgan fingerprint density at radius 3 is 2.61 bits per heavy atom. The summed E-state index contributed by atoms with van der Waals surface area (Å²) in [6.07, 6.45) is 19.7. The van der Waals surface area contributed by atoms with Crippen LogP contribution in [-0.2, 0) is 0 Å². The molecule has 6 rings (SSSR count). The lowest BCUT2D eigenvalue weighted by Crippen LogP contribution is -2.46. The number of nitrogens with one attached hydrogen (secondary N) is 1. The molecule has 0 radical (unpaired) electrons. The maximum Gasteiger partial charge on any atom is 0.0690 e. The first-order valence-electron chi connectivity index (χ1n) is 12.1. The van der Waals surface area contributed by atoms with Crippen molar-refractivity contribution < 1.29 is 0 Å². The maximum absolute atomic E-state index is 3.65. The van der Waals surface area contributed by atoms with Gasteiger partial charge in [-0.2, -0.15) is 0 Å². The highest BCUT2D eigenvalue weighted by atomic mass is 15.2. The van der Waals surface area contributed by atoms with E-state index in [1.54, 1.807) is 5.57 Å². The van der Waals surface area contributed by atoms with Gasteiger partial charge >= 0.3 is 0 Å². The first kappa shape index (κ1) is 20.1. The Labute approximate surface area is 197 Å². The number of dihydropyridines is 1. The summed E-state index contributed by atoms with van der Waals surface area (Å²) in [6.45, 7) is 4.13. The standard InChI is InChI=1S/C31H30N2/c1-22-15-17-30(32-19-22)27-13-7-5-11-25(27)29-21-33-20-24(23-9-3-2-4-10-23)16-18-31(33)28-14-8-6-12-26(28)29/h2-11,13-18,20,26,29,31-32H,12,19,21H2,1H3/t26?,29-,31?/m1/s1. The highest BCUT2D eigenvalue weighted by Crippen LogP contribution is 2.46. The van der Waals surface area contributed by atoms with Crippen molar-refractivity contribution in [3.05, 3.63) is 131 Å². The Morgan fingerprint density at radius 1 is 0.909 bits per heavy atom. The van der Waals surface area contributed by atoms with Gasteiger partial charge in [0.15, 0.2) is 0 Å². The molecule has 0 bridgehead atoms. The fraction of sp³-hybridized carbons (Fsp3) is 0.226. The molecule has 0 amide bonds. The molecule has 33 heavy (non-hydrogen) atoms. The molecule has 0 saturated carbocycles. The van der Waals surface area contributed by atoms with Gasteiger partial charge in [0.05, 0.1) is 6.04 Å². The second-order valence-corrected chi connectivity index (χ2v) is 9.53. The number of benzene rings is 2. The summed E-state index contributed by atoms with van der Waals surface area (Å²) in [5.41, 5.74) is 9.54. The first-order chi connectivity index (χ1) is 16.3. The van der Waals surface area contributed by atoms with Crippen LogP contribution in [0.4, 0.5) is 0 Å². The van der Waals surface area contributed by atoms with Crippen LogP contribution in [0.3, 0.4) is 0 Å². The fourth-order valence-corrected chi connectivity index (χ4v) is 5.75. The minimum atomic E-state index is 0.355. The second kappa shape index (κ2) is 8.44. The first-order valence-corrected chi connectivity index (χ1v) is 12.1. The Morgan fingerprint density at radius 2 is 1.76 bits per heavy atom. The van der Waals surface area contributed by atoms with E-state index in [0.29, 0.717) is 17.9 Å². The van der Waals surface area contributed by atoms with Gasteiger partial charge in [0, 0.05) is 36.5 Å². The molecule has 1 N–H and O–H groups in total. The van der Waals surface area contributed by atoms with E-state index < -0.39 is 0 Å². The van der Waals surface area contributed by atoms with Gasteiger partial charge in [-0.1, -0.05) is 96.6 Å². The van der Waals surface area contributed by atoms with Gasteiger partial charge in [-0.05, 0) is 47.6 Å². The van der Waals surface area contributed by atoms with Crippen LogP contribution in [0.1, 0.15) is 36.0 Å². The lowest BCUT2D eigenvalue weighted by Gasteiger charge is -2.47. The van der Waals surface area contributed by atoms with E-state index >= 15 is 0 Å². The van der Waals surface area contributed by atoms with Crippen molar-refractivity contribution >= 4 is 11.3 Å². The van der Waals surface area contributed by atoms with Crippen molar-refractivity contribution in [1.82, 2.24) is 10.2 Å². The molecule has 1 saturated heterocycles. The molecule has 2 unspecified atom stereocenters. The highest BCUT2D eigenvalue weighted by Gasteiger charge is 2.40. The molecule has 1 aliphatic carbocycles.